The standard InChI is InChI=1S/C22H22N4O3/c1-3-20-24-25(14-21(27)23-13-15-8-5-4-6-9-15)22(28)18-12-16-17(26(18)20)10-7-11-19(16)29-2/h4-12H,3,13-14H2,1-2H3,(H,23,27). The van der Waals surface area contributed by atoms with Gasteiger partial charge in [-0.05, 0) is 23.8 Å². The molecule has 7 heteroatoms. The predicted molar refractivity (Wildman–Crippen MR) is 111 cm³/mol. The van der Waals surface area contributed by atoms with Gasteiger partial charge >= 0.3 is 0 Å². The van der Waals surface area contributed by atoms with Crippen molar-refractivity contribution in [1.82, 2.24) is 19.5 Å². The van der Waals surface area contributed by atoms with Gasteiger partial charge < -0.3 is 10.1 Å². The van der Waals surface area contributed by atoms with Crippen LogP contribution in [0.25, 0.3) is 16.4 Å². The second kappa shape index (κ2) is 7.79. The summed E-state index contributed by atoms with van der Waals surface area (Å²) < 4.78 is 8.51. The summed E-state index contributed by atoms with van der Waals surface area (Å²) in [4.78, 5) is 25.4. The fourth-order valence-electron chi connectivity index (χ4n) is 3.50. The first-order valence-electron chi connectivity index (χ1n) is 9.51. The van der Waals surface area contributed by atoms with Crippen molar-refractivity contribution in [1.29, 1.82) is 0 Å². The van der Waals surface area contributed by atoms with Gasteiger partial charge in [-0.15, -0.1) is 0 Å². The quantitative estimate of drug-likeness (QED) is 0.549. The van der Waals surface area contributed by atoms with Crippen LogP contribution in [0.5, 0.6) is 5.75 Å². The van der Waals surface area contributed by atoms with E-state index >= 15 is 0 Å². The zero-order valence-corrected chi connectivity index (χ0v) is 16.4. The number of ether oxygens (including phenoxy) is 1. The third kappa shape index (κ3) is 3.47. The highest BCUT2D eigenvalue weighted by Crippen LogP contribution is 2.28. The molecule has 0 aliphatic carbocycles. The monoisotopic (exact) mass is 390 g/mol. The number of amides is 1. The average molecular weight is 390 g/mol. The highest BCUT2D eigenvalue weighted by atomic mass is 16.5. The molecule has 0 saturated carbocycles. The number of methoxy groups -OCH3 is 1. The molecule has 0 radical (unpaired) electrons. The second-order valence-corrected chi connectivity index (χ2v) is 6.75. The molecule has 148 valence electrons. The first-order chi connectivity index (χ1) is 14.1. The minimum atomic E-state index is -0.310. The molecule has 0 aliphatic heterocycles. The fourth-order valence-corrected chi connectivity index (χ4v) is 3.50. The lowest BCUT2D eigenvalue weighted by molar-refractivity contribution is -0.122. The lowest BCUT2D eigenvalue weighted by Crippen LogP contribution is -2.35. The molecule has 0 saturated heterocycles. The van der Waals surface area contributed by atoms with E-state index in [1.165, 1.54) is 4.68 Å². The molecule has 2 heterocycles. The molecular weight excluding hydrogens is 368 g/mol. The van der Waals surface area contributed by atoms with E-state index in [0.29, 0.717) is 30.1 Å². The zero-order chi connectivity index (χ0) is 20.4. The maximum atomic E-state index is 13.0. The molecule has 0 bridgehead atoms. The smallest absolute Gasteiger partial charge is 0.291 e. The van der Waals surface area contributed by atoms with Gasteiger partial charge in [0.2, 0.25) is 5.91 Å². The van der Waals surface area contributed by atoms with Crippen molar-refractivity contribution < 1.29 is 9.53 Å². The van der Waals surface area contributed by atoms with E-state index in [1.54, 1.807) is 13.2 Å². The van der Waals surface area contributed by atoms with Gasteiger partial charge in [0.05, 0.1) is 12.6 Å². The minimum absolute atomic E-state index is 0.131. The summed E-state index contributed by atoms with van der Waals surface area (Å²) in [6.07, 6.45) is 0.614. The summed E-state index contributed by atoms with van der Waals surface area (Å²) in [6.45, 7) is 2.25. The van der Waals surface area contributed by atoms with Gasteiger partial charge in [0, 0.05) is 18.4 Å². The number of rotatable bonds is 6. The van der Waals surface area contributed by atoms with E-state index in [-0.39, 0.29) is 18.0 Å². The minimum Gasteiger partial charge on any atom is -0.496 e. The van der Waals surface area contributed by atoms with Crippen molar-refractivity contribution in [2.45, 2.75) is 26.4 Å². The molecule has 1 N–H and O–H groups in total. The van der Waals surface area contributed by atoms with E-state index in [9.17, 15) is 9.59 Å². The Labute approximate surface area is 167 Å². The topological polar surface area (TPSA) is 77.6 Å². The average Bonchev–Trinajstić information content (AvgIpc) is 3.15. The summed E-state index contributed by atoms with van der Waals surface area (Å²) in [6, 6.07) is 17.1. The van der Waals surface area contributed by atoms with Gasteiger partial charge in [-0.2, -0.15) is 5.10 Å². The van der Waals surface area contributed by atoms with Gasteiger partial charge in [-0.25, -0.2) is 4.68 Å². The number of carbonyl (C=O) groups is 1. The second-order valence-electron chi connectivity index (χ2n) is 6.75. The summed E-state index contributed by atoms with van der Waals surface area (Å²) in [5, 5.41) is 8.14. The molecule has 4 aromatic rings. The molecule has 0 unspecified atom stereocenters. The van der Waals surface area contributed by atoms with E-state index in [0.717, 1.165) is 16.5 Å². The maximum Gasteiger partial charge on any atom is 0.291 e. The number of hydrogen-bond donors (Lipinski definition) is 1. The zero-order valence-electron chi connectivity index (χ0n) is 16.4. The lowest BCUT2D eigenvalue weighted by atomic mass is 10.2. The van der Waals surface area contributed by atoms with Crippen LogP contribution in [0.1, 0.15) is 18.3 Å². The summed E-state index contributed by atoms with van der Waals surface area (Å²) in [5.41, 5.74) is 2.03. The molecule has 7 nitrogen and oxygen atoms in total. The van der Waals surface area contributed by atoms with E-state index in [2.05, 4.69) is 10.4 Å². The first kappa shape index (κ1) is 18.7. The molecule has 4 rings (SSSR count). The Morgan fingerprint density at radius 2 is 1.90 bits per heavy atom. The number of benzene rings is 2. The number of aromatic nitrogens is 3. The highest BCUT2D eigenvalue weighted by molar-refractivity contribution is 5.92. The van der Waals surface area contributed by atoms with Crippen molar-refractivity contribution in [3.63, 3.8) is 0 Å². The molecule has 0 spiro atoms. The Morgan fingerprint density at radius 3 is 2.62 bits per heavy atom. The largest absolute Gasteiger partial charge is 0.496 e. The molecule has 0 fully saturated rings. The molecule has 0 atom stereocenters. The van der Waals surface area contributed by atoms with E-state index < -0.39 is 0 Å². The van der Waals surface area contributed by atoms with Crippen molar-refractivity contribution in [2.75, 3.05) is 7.11 Å². The van der Waals surface area contributed by atoms with Crippen LogP contribution in [0.4, 0.5) is 0 Å². The van der Waals surface area contributed by atoms with Crippen LogP contribution in [0, 0.1) is 0 Å². The first-order valence-corrected chi connectivity index (χ1v) is 9.51. The Kier molecular flexibility index (Phi) is 5.03. The van der Waals surface area contributed by atoms with Crippen LogP contribution in [-0.4, -0.2) is 27.2 Å². The van der Waals surface area contributed by atoms with Crippen LogP contribution >= 0.6 is 0 Å². The normalized spacial score (nSPS) is 11.1. The SMILES string of the molecule is CCc1nn(CC(=O)NCc2ccccc2)c(=O)c2cc3c(OC)cccc3n12. The Morgan fingerprint density at radius 1 is 1.10 bits per heavy atom. The molecular formula is C22H22N4O3. The van der Waals surface area contributed by atoms with Gasteiger partial charge in [-0.1, -0.05) is 43.3 Å². The predicted octanol–water partition coefficient (Wildman–Crippen LogP) is 2.54. The third-order valence-electron chi connectivity index (χ3n) is 4.92. The molecule has 2 aromatic heterocycles. The Balaban J connectivity index is 1.70. The molecule has 0 aliphatic rings. The number of hydrogen-bond acceptors (Lipinski definition) is 4. The van der Waals surface area contributed by atoms with Gasteiger partial charge in [0.1, 0.15) is 23.6 Å². The van der Waals surface area contributed by atoms with E-state index in [4.69, 9.17) is 4.74 Å². The third-order valence-corrected chi connectivity index (χ3v) is 4.92. The number of aryl methyl sites for hydroxylation is 1. The summed E-state index contributed by atoms with van der Waals surface area (Å²) in [7, 11) is 1.60. The molecule has 2 aromatic carbocycles. The Bertz CT molecular complexity index is 1240. The van der Waals surface area contributed by atoms with Gasteiger partial charge in [0.25, 0.3) is 5.56 Å². The van der Waals surface area contributed by atoms with Gasteiger partial charge in [-0.3, -0.25) is 14.0 Å². The van der Waals surface area contributed by atoms with Crippen molar-refractivity contribution in [3.05, 3.63) is 76.3 Å². The maximum absolute atomic E-state index is 13.0. The summed E-state index contributed by atoms with van der Waals surface area (Å²) in [5.74, 6) is 1.14. The van der Waals surface area contributed by atoms with Crippen LogP contribution < -0.4 is 15.6 Å². The van der Waals surface area contributed by atoms with E-state index in [1.807, 2.05) is 59.9 Å². The van der Waals surface area contributed by atoms with Crippen LogP contribution in [-0.2, 0) is 24.3 Å². The van der Waals surface area contributed by atoms with Crippen LogP contribution in [0.2, 0.25) is 0 Å². The van der Waals surface area contributed by atoms with Gasteiger partial charge in [0.15, 0.2) is 0 Å². The molecule has 1 amide bonds. The Hall–Kier alpha value is -3.61. The summed E-state index contributed by atoms with van der Waals surface area (Å²) >= 11 is 0. The van der Waals surface area contributed by atoms with Crippen molar-refractivity contribution in [2.24, 2.45) is 0 Å². The van der Waals surface area contributed by atoms with Crippen LogP contribution in [0.15, 0.2) is 59.4 Å². The number of carbonyl (C=O) groups excluding carboxylic acids is 1. The van der Waals surface area contributed by atoms with Crippen LogP contribution in [0.3, 0.4) is 0 Å². The lowest BCUT2D eigenvalue weighted by Gasteiger charge is -2.11. The number of nitrogens with zero attached hydrogens (tertiary/aromatic N) is 3. The highest BCUT2D eigenvalue weighted by Gasteiger charge is 2.17. The molecule has 29 heavy (non-hydrogen) atoms. The number of fused-ring (bicyclic) bond motifs is 3. The number of nitrogens with one attached hydrogen (secondary N) is 1. The van der Waals surface area contributed by atoms with Crippen molar-refractivity contribution >= 4 is 22.3 Å². The fraction of sp³-hybridized carbons (Fsp3) is 0.227. The van der Waals surface area contributed by atoms with Crippen molar-refractivity contribution in [3.8, 4) is 5.75 Å².